The van der Waals surface area contributed by atoms with E-state index in [1.807, 2.05) is 71.6 Å². The van der Waals surface area contributed by atoms with Crippen LogP contribution in [0.25, 0.3) is 0 Å². The third-order valence-corrected chi connectivity index (χ3v) is 8.74. The van der Waals surface area contributed by atoms with Crippen molar-refractivity contribution in [1.29, 1.82) is 5.26 Å². The summed E-state index contributed by atoms with van der Waals surface area (Å²) in [6.45, 7) is 0.564. The summed E-state index contributed by atoms with van der Waals surface area (Å²) in [5.41, 5.74) is 3.57. The predicted octanol–water partition coefficient (Wildman–Crippen LogP) is 4.80. The molecule has 5 rings (SSSR count). The van der Waals surface area contributed by atoms with Crippen molar-refractivity contribution in [1.82, 2.24) is 9.29 Å². The average molecular weight is 525 g/mol. The standard InChI is InChI=1S/C30H28N4O3S/c1-37-26-13-15-27(16-14-26)38(35,36)34-22-25-11-5-6-12-28(25)33(21-24-10-7-17-32-20-24)30(19-31)29(34)18-23-8-3-2-4-9-23/h2-17,20,29-30H,18,21-22H2,1H3/t29-,30?/m1/s1. The van der Waals surface area contributed by atoms with Crippen LogP contribution >= 0.6 is 0 Å². The van der Waals surface area contributed by atoms with Crippen LogP contribution in [-0.4, -0.2) is 36.9 Å². The number of benzene rings is 3. The molecule has 4 aromatic rings. The molecule has 0 radical (unpaired) electrons. The monoisotopic (exact) mass is 524 g/mol. The van der Waals surface area contributed by atoms with Gasteiger partial charge in [-0.1, -0.05) is 54.6 Å². The van der Waals surface area contributed by atoms with Gasteiger partial charge in [-0.3, -0.25) is 4.98 Å². The van der Waals surface area contributed by atoms with E-state index in [0.29, 0.717) is 18.7 Å². The van der Waals surface area contributed by atoms with E-state index in [1.54, 1.807) is 43.8 Å². The fourth-order valence-corrected chi connectivity index (χ4v) is 6.57. The van der Waals surface area contributed by atoms with E-state index in [9.17, 15) is 13.7 Å². The number of rotatable bonds is 7. The van der Waals surface area contributed by atoms with Gasteiger partial charge in [0.25, 0.3) is 0 Å². The number of aromatic nitrogens is 1. The Hall–Kier alpha value is -4.19. The van der Waals surface area contributed by atoms with E-state index in [0.717, 1.165) is 22.4 Å². The molecule has 0 bridgehead atoms. The molecule has 1 aromatic heterocycles. The summed E-state index contributed by atoms with van der Waals surface area (Å²) in [7, 11) is -2.43. The number of nitriles is 1. The van der Waals surface area contributed by atoms with E-state index in [2.05, 4.69) is 11.1 Å². The highest BCUT2D eigenvalue weighted by atomic mass is 32.2. The lowest BCUT2D eigenvalue weighted by molar-refractivity contribution is 0.295. The molecule has 0 amide bonds. The minimum Gasteiger partial charge on any atom is -0.497 e. The molecule has 0 N–H and O–H groups in total. The second kappa shape index (κ2) is 11.1. The lowest BCUT2D eigenvalue weighted by atomic mass is 9.98. The van der Waals surface area contributed by atoms with Gasteiger partial charge >= 0.3 is 0 Å². The number of sulfonamides is 1. The molecule has 2 atom stereocenters. The van der Waals surface area contributed by atoms with Gasteiger partial charge in [-0.25, -0.2) is 8.42 Å². The van der Waals surface area contributed by atoms with Crippen LogP contribution in [0.5, 0.6) is 5.75 Å². The Morgan fingerprint density at radius 1 is 0.947 bits per heavy atom. The molecule has 2 heterocycles. The largest absolute Gasteiger partial charge is 0.497 e. The minimum absolute atomic E-state index is 0.143. The van der Waals surface area contributed by atoms with Gasteiger partial charge in [-0.05, 0) is 59.5 Å². The summed E-state index contributed by atoms with van der Waals surface area (Å²) < 4.78 is 35.2. The first-order valence-corrected chi connectivity index (χ1v) is 13.8. The SMILES string of the molecule is COc1ccc(S(=O)(=O)N2Cc3ccccc3N(Cc3cccnc3)C(C#N)[C@H]2Cc2ccccc2)cc1. The molecule has 38 heavy (non-hydrogen) atoms. The summed E-state index contributed by atoms with van der Waals surface area (Å²) >= 11 is 0. The highest BCUT2D eigenvalue weighted by Crippen LogP contribution is 2.36. The van der Waals surface area contributed by atoms with Crippen molar-refractivity contribution < 1.29 is 13.2 Å². The zero-order valence-electron chi connectivity index (χ0n) is 21.0. The zero-order chi connectivity index (χ0) is 26.5. The van der Waals surface area contributed by atoms with Crippen molar-refractivity contribution in [3.63, 3.8) is 0 Å². The van der Waals surface area contributed by atoms with Gasteiger partial charge in [0.1, 0.15) is 11.8 Å². The highest BCUT2D eigenvalue weighted by molar-refractivity contribution is 7.89. The van der Waals surface area contributed by atoms with Crippen LogP contribution in [0.2, 0.25) is 0 Å². The zero-order valence-corrected chi connectivity index (χ0v) is 21.8. The maximum atomic E-state index is 14.2. The van der Waals surface area contributed by atoms with Crippen LogP contribution in [-0.2, 0) is 29.5 Å². The quantitative estimate of drug-likeness (QED) is 0.345. The molecule has 0 spiro atoms. The van der Waals surface area contributed by atoms with E-state index >= 15 is 0 Å². The number of para-hydroxylation sites is 1. The summed E-state index contributed by atoms with van der Waals surface area (Å²) in [6, 6.07) is 28.7. The molecule has 3 aromatic carbocycles. The number of methoxy groups -OCH3 is 1. The fraction of sp³-hybridized carbons (Fsp3) is 0.200. The maximum absolute atomic E-state index is 14.2. The number of hydrogen-bond donors (Lipinski definition) is 0. The Bertz CT molecular complexity index is 1520. The molecule has 1 aliphatic heterocycles. The molecule has 0 fully saturated rings. The third kappa shape index (κ3) is 5.12. The van der Waals surface area contributed by atoms with Gasteiger partial charge < -0.3 is 9.64 Å². The Morgan fingerprint density at radius 2 is 1.66 bits per heavy atom. The van der Waals surface area contributed by atoms with Crippen LogP contribution in [0.15, 0.2) is 108 Å². The second-order valence-electron chi connectivity index (χ2n) is 9.17. The number of fused-ring (bicyclic) bond motifs is 1. The predicted molar refractivity (Wildman–Crippen MR) is 146 cm³/mol. The van der Waals surface area contributed by atoms with Crippen molar-refractivity contribution in [2.24, 2.45) is 0 Å². The molecular formula is C30H28N4O3S. The first kappa shape index (κ1) is 25.5. The fourth-order valence-electron chi connectivity index (χ4n) is 4.97. The average Bonchev–Trinajstić information content (AvgIpc) is 3.09. The molecule has 192 valence electrons. The van der Waals surface area contributed by atoms with Crippen LogP contribution in [0, 0.1) is 11.3 Å². The summed E-state index contributed by atoms with van der Waals surface area (Å²) in [6.07, 6.45) is 3.87. The van der Waals surface area contributed by atoms with E-state index in [1.165, 1.54) is 4.31 Å². The summed E-state index contributed by atoms with van der Waals surface area (Å²) in [5.74, 6) is 0.573. The molecule has 0 saturated heterocycles. The number of hydrogen-bond acceptors (Lipinski definition) is 6. The Morgan fingerprint density at radius 3 is 2.34 bits per heavy atom. The minimum atomic E-state index is -3.97. The number of ether oxygens (including phenoxy) is 1. The summed E-state index contributed by atoms with van der Waals surface area (Å²) in [5, 5.41) is 10.6. The van der Waals surface area contributed by atoms with Gasteiger partial charge in [-0.2, -0.15) is 9.57 Å². The summed E-state index contributed by atoms with van der Waals surface area (Å²) in [4.78, 5) is 6.43. The molecule has 1 unspecified atom stereocenters. The maximum Gasteiger partial charge on any atom is 0.243 e. The van der Waals surface area contributed by atoms with Crippen molar-refractivity contribution in [2.75, 3.05) is 12.0 Å². The van der Waals surface area contributed by atoms with E-state index in [-0.39, 0.29) is 11.4 Å². The lowest BCUT2D eigenvalue weighted by Crippen LogP contribution is -2.52. The Kier molecular flexibility index (Phi) is 7.40. The second-order valence-corrected chi connectivity index (χ2v) is 11.1. The molecule has 1 aliphatic rings. The van der Waals surface area contributed by atoms with Crippen molar-refractivity contribution >= 4 is 15.7 Å². The Labute approximate surface area is 223 Å². The van der Waals surface area contributed by atoms with Crippen LogP contribution in [0.3, 0.4) is 0 Å². The molecule has 0 aliphatic carbocycles. The number of pyridine rings is 1. The molecular weight excluding hydrogens is 496 g/mol. The first-order valence-electron chi connectivity index (χ1n) is 12.3. The van der Waals surface area contributed by atoms with Gasteiger partial charge in [-0.15, -0.1) is 0 Å². The van der Waals surface area contributed by atoms with Crippen LogP contribution in [0.1, 0.15) is 16.7 Å². The van der Waals surface area contributed by atoms with E-state index in [4.69, 9.17) is 4.74 Å². The van der Waals surface area contributed by atoms with Crippen molar-refractivity contribution in [3.8, 4) is 11.8 Å². The van der Waals surface area contributed by atoms with Crippen LogP contribution in [0.4, 0.5) is 5.69 Å². The van der Waals surface area contributed by atoms with Crippen LogP contribution < -0.4 is 9.64 Å². The Balaban J connectivity index is 1.66. The molecule has 7 nitrogen and oxygen atoms in total. The third-order valence-electron chi connectivity index (χ3n) is 6.86. The van der Waals surface area contributed by atoms with Gasteiger partial charge in [0.05, 0.1) is 24.1 Å². The smallest absolute Gasteiger partial charge is 0.243 e. The normalized spacial score (nSPS) is 17.7. The van der Waals surface area contributed by atoms with Gasteiger partial charge in [0, 0.05) is 31.2 Å². The van der Waals surface area contributed by atoms with Crippen molar-refractivity contribution in [2.45, 2.75) is 36.5 Å². The molecule has 8 heteroatoms. The number of anilines is 1. The van der Waals surface area contributed by atoms with Gasteiger partial charge in [0.15, 0.2) is 0 Å². The lowest BCUT2D eigenvalue weighted by Gasteiger charge is -2.36. The molecule has 0 saturated carbocycles. The van der Waals surface area contributed by atoms with Gasteiger partial charge in [0.2, 0.25) is 10.0 Å². The number of nitrogens with zero attached hydrogens (tertiary/aromatic N) is 4. The topological polar surface area (TPSA) is 86.5 Å². The first-order chi connectivity index (χ1) is 18.5. The highest BCUT2D eigenvalue weighted by Gasteiger charge is 2.42. The van der Waals surface area contributed by atoms with Crippen molar-refractivity contribution in [3.05, 3.63) is 120 Å². The van der Waals surface area contributed by atoms with E-state index < -0.39 is 22.1 Å².